The van der Waals surface area contributed by atoms with Crippen LogP contribution in [0.5, 0.6) is 0 Å². The first-order chi connectivity index (χ1) is 16.1. The van der Waals surface area contributed by atoms with Crippen molar-refractivity contribution < 1.29 is 4.79 Å². The van der Waals surface area contributed by atoms with Gasteiger partial charge in [0.1, 0.15) is 28.8 Å². The Hall–Kier alpha value is -4.16. The number of anilines is 2. The van der Waals surface area contributed by atoms with E-state index in [1.54, 1.807) is 10.9 Å². The number of benzene rings is 2. The molecule has 0 spiro atoms. The van der Waals surface area contributed by atoms with Crippen molar-refractivity contribution in [3.63, 3.8) is 0 Å². The molecule has 162 valence electrons. The van der Waals surface area contributed by atoms with Gasteiger partial charge in [-0.2, -0.15) is 10.4 Å². The number of hydrogen-bond donors (Lipinski definition) is 0. The lowest BCUT2D eigenvalue weighted by Gasteiger charge is -2.19. The fourth-order valence-corrected chi connectivity index (χ4v) is 4.79. The number of ketones is 1. The van der Waals surface area contributed by atoms with Crippen LogP contribution in [0.3, 0.4) is 0 Å². The SMILES string of the molecule is CN1C(=C(C#N)C(=O)CSc2ncnc3c2cnn3-c2ccccc2)N(C)c2ccccc21. The monoisotopic (exact) mass is 453 g/mol. The van der Waals surface area contributed by atoms with E-state index in [4.69, 9.17) is 0 Å². The second-order valence-electron chi connectivity index (χ2n) is 7.44. The van der Waals surface area contributed by atoms with Gasteiger partial charge >= 0.3 is 0 Å². The van der Waals surface area contributed by atoms with Gasteiger partial charge in [0.15, 0.2) is 11.4 Å². The van der Waals surface area contributed by atoms with Crippen LogP contribution in [0.2, 0.25) is 0 Å². The van der Waals surface area contributed by atoms with Crippen molar-refractivity contribution >= 4 is 40.0 Å². The molecular weight excluding hydrogens is 434 g/mol. The van der Waals surface area contributed by atoms with Crippen molar-refractivity contribution in [2.24, 2.45) is 0 Å². The molecule has 1 aliphatic heterocycles. The summed E-state index contributed by atoms with van der Waals surface area (Å²) in [5.41, 5.74) is 3.58. The van der Waals surface area contributed by atoms with Gasteiger partial charge in [0.2, 0.25) is 0 Å². The third kappa shape index (κ3) is 3.50. The summed E-state index contributed by atoms with van der Waals surface area (Å²) in [5.74, 6) is 0.396. The summed E-state index contributed by atoms with van der Waals surface area (Å²) < 4.78 is 1.74. The highest BCUT2D eigenvalue weighted by atomic mass is 32.2. The van der Waals surface area contributed by atoms with Crippen LogP contribution < -0.4 is 9.80 Å². The fourth-order valence-electron chi connectivity index (χ4n) is 3.96. The molecule has 0 fully saturated rings. The maximum Gasteiger partial charge on any atom is 0.187 e. The van der Waals surface area contributed by atoms with Gasteiger partial charge in [-0.05, 0) is 24.3 Å². The van der Waals surface area contributed by atoms with Crippen molar-refractivity contribution in [2.45, 2.75) is 5.03 Å². The Morgan fingerprint density at radius 3 is 2.33 bits per heavy atom. The number of hydrogen-bond acceptors (Lipinski definition) is 8. The number of carbonyl (C=O) groups excluding carboxylic acids is 1. The molecule has 0 saturated carbocycles. The van der Waals surface area contributed by atoms with Gasteiger partial charge in [0, 0.05) is 14.1 Å². The molecule has 0 unspecified atom stereocenters. The lowest BCUT2D eigenvalue weighted by atomic mass is 10.2. The Bertz CT molecular complexity index is 1410. The smallest absolute Gasteiger partial charge is 0.187 e. The Morgan fingerprint density at radius 2 is 1.67 bits per heavy atom. The van der Waals surface area contributed by atoms with Crippen LogP contribution in [-0.2, 0) is 4.79 Å². The Balaban J connectivity index is 1.42. The van der Waals surface area contributed by atoms with Crippen molar-refractivity contribution in [1.82, 2.24) is 19.7 Å². The van der Waals surface area contributed by atoms with Crippen LogP contribution in [0.15, 0.2) is 83.5 Å². The number of fused-ring (bicyclic) bond motifs is 2. The minimum Gasteiger partial charge on any atom is -0.328 e. The maximum atomic E-state index is 13.1. The van der Waals surface area contributed by atoms with Gasteiger partial charge in [-0.3, -0.25) is 4.79 Å². The minimum atomic E-state index is -0.258. The summed E-state index contributed by atoms with van der Waals surface area (Å²) in [6, 6.07) is 19.6. The number of rotatable bonds is 5. The number of nitriles is 1. The van der Waals surface area contributed by atoms with Crippen molar-refractivity contribution in [3.8, 4) is 11.8 Å². The first-order valence-electron chi connectivity index (χ1n) is 10.2. The molecule has 3 heterocycles. The summed E-state index contributed by atoms with van der Waals surface area (Å²) in [5, 5.41) is 15.7. The van der Waals surface area contributed by atoms with Crippen molar-refractivity contribution in [1.29, 1.82) is 5.26 Å². The molecular formula is C24H19N7OS. The molecule has 0 radical (unpaired) electrons. The quantitative estimate of drug-likeness (QED) is 0.195. The van der Waals surface area contributed by atoms with E-state index in [0.717, 1.165) is 22.4 Å². The molecule has 0 amide bonds. The lowest BCUT2D eigenvalue weighted by Crippen LogP contribution is -2.26. The minimum absolute atomic E-state index is 0.0764. The molecule has 4 aromatic rings. The summed E-state index contributed by atoms with van der Waals surface area (Å²) >= 11 is 1.28. The first-order valence-corrected chi connectivity index (χ1v) is 11.2. The largest absolute Gasteiger partial charge is 0.328 e. The third-order valence-electron chi connectivity index (χ3n) is 5.52. The number of allylic oxidation sites excluding steroid dienone is 1. The zero-order chi connectivity index (χ0) is 22.9. The van der Waals surface area contributed by atoms with Gasteiger partial charge < -0.3 is 9.80 Å². The number of nitrogens with zero attached hydrogens (tertiary/aromatic N) is 7. The van der Waals surface area contributed by atoms with Crippen LogP contribution in [0.1, 0.15) is 0 Å². The van der Waals surface area contributed by atoms with E-state index in [0.29, 0.717) is 16.5 Å². The molecule has 33 heavy (non-hydrogen) atoms. The van der Waals surface area contributed by atoms with Gasteiger partial charge in [0.25, 0.3) is 0 Å². The van der Waals surface area contributed by atoms with E-state index in [9.17, 15) is 10.1 Å². The summed E-state index contributed by atoms with van der Waals surface area (Å²) in [7, 11) is 3.72. The van der Waals surface area contributed by atoms with E-state index in [1.165, 1.54) is 18.1 Å². The van der Waals surface area contributed by atoms with E-state index >= 15 is 0 Å². The molecule has 9 heteroatoms. The topological polar surface area (TPSA) is 90.9 Å². The number of aromatic nitrogens is 4. The molecule has 0 atom stereocenters. The van der Waals surface area contributed by atoms with E-state index in [1.807, 2.05) is 78.5 Å². The Labute approximate surface area is 194 Å². The first kappa shape index (κ1) is 20.7. The normalized spacial score (nSPS) is 12.7. The molecule has 0 saturated heterocycles. The molecule has 8 nitrogen and oxygen atoms in total. The Morgan fingerprint density at radius 1 is 1.00 bits per heavy atom. The van der Waals surface area contributed by atoms with Crippen molar-refractivity contribution in [3.05, 3.63) is 78.5 Å². The number of carbonyl (C=O) groups is 1. The van der Waals surface area contributed by atoms with E-state index in [-0.39, 0.29) is 17.1 Å². The van der Waals surface area contributed by atoms with Crippen LogP contribution in [-0.4, -0.2) is 45.4 Å². The van der Waals surface area contributed by atoms with Crippen LogP contribution >= 0.6 is 11.8 Å². The summed E-state index contributed by atoms with van der Waals surface area (Å²) in [6.07, 6.45) is 3.17. The molecule has 0 bridgehead atoms. The highest BCUT2D eigenvalue weighted by Crippen LogP contribution is 2.40. The summed E-state index contributed by atoms with van der Waals surface area (Å²) in [4.78, 5) is 25.6. The zero-order valence-corrected chi connectivity index (χ0v) is 18.8. The number of para-hydroxylation sites is 3. The third-order valence-corrected chi connectivity index (χ3v) is 6.53. The maximum absolute atomic E-state index is 13.1. The van der Waals surface area contributed by atoms with E-state index in [2.05, 4.69) is 21.1 Å². The zero-order valence-electron chi connectivity index (χ0n) is 18.0. The predicted octanol–water partition coefficient (Wildman–Crippen LogP) is 3.80. The predicted molar refractivity (Wildman–Crippen MR) is 128 cm³/mol. The average molecular weight is 454 g/mol. The molecule has 0 aliphatic carbocycles. The van der Waals surface area contributed by atoms with Crippen LogP contribution in [0, 0.1) is 11.3 Å². The lowest BCUT2D eigenvalue weighted by molar-refractivity contribution is -0.112. The van der Waals surface area contributed by atoms with Gasteiger partial charge in [-0.25, -0.2) is 14.6 Å². The highest BCUT2D eigenvalue weighted by molar-refractivity contribution is 8.00. The average Bonchev–Trinajstić information content (AvgIpc) is 3.40. The molecule has 2 aromatic carbocycles. The van der Waals surface area contributed by atoms with Gasteiger partial charge in [-0.1, -0.05) is 42.1 Å². The van der Waals surface area contributed by atoms with Crippen LogP contribution in [0.4, 0.5) is 11.4 Å². The fraction of sp³-hybridized carbons (Fsp3) is 0.125. The molecule has 0 N–H and O–H groups in total. The highest BCUT2D eigenvalue weighted by Gasteiger charge is 2.31. The van der Waals surface area contributed by atoms with Gasteiger partial charge in [0.05, 0.1) is 34.4 Å². The standard InChI is InChI=1S/C24H19N7OS/c1-29-19-10-6-7-11-20(19)30(2)24(29)17(12-25)21(32)14-33-23-18-13-28-31(22(18)26-15-27-23)16-8-4-3-5-9-16/h3-11,13,15H,14H2,1-2H3. The van der Waals surface area contributed by atoms with Crippen LogP contribution in [0.25, 0.3) is 16.7 Å². The van der Waals surface area contributed by atoms with E-state index < -0.39 is 0 Å². The second kappa shape index (κ2) is 8.41. The van der Waals surface area contributed by atoms with Gasteiger partial charge in [-0.15, -0.1) is 0 Å². The Kier molecular flexibility index (Phi) is 5.28. The molecule has 2 aromatic heterocycles. The molecule has 5 rings (SSSR count). The van der Waals surface area contributed by atoms with Crippen molar-refractivity contribution in [2.75, 3.05) is 29.6 Å². The molecule has 1 aliphatic rings. The number of thioether (sulfide) groups is 1. The second-order valence-corrected chi connectivity index (χ2v) is 8.40. The summed E-state index contributed by atoms with van der Waals surface area (Å²) in [6.45, 7) is 0. The number of Topliss-reactive ketones (excluding diaryl/α,β-unsaturated/α-hetero) is 1.